The van der Waals surface area contributed by atoms with Crippen molar-refractivity contribution in [1.29, 1.82) is 0 Å². The number of methoxy groups -OCH3 is 2. The van der Waals surface area contributed by atoms with E-state index in [9.17, 15) is 9.59 Å². The van der Waals surface area contributed by atoms with Crippen molar-refractivity contribution < 1.29 is 28.5 Å². The van der Waals surface area contributed by atoms with Gasteiger partial charge in [0.15, 0.2) is 6.61 Å². The van der Waals surface area contributed by atoms with Crippen molar-refractivity contribution >= 4 is 29.2 Å². The summed E-state index contributed by atoms with van der Waals surface area (Å²) in [5.74, 6) is -0.0654. The third-order valence-corrected chi connectivity index (χ3v) is 4.33. The molecule has 0 saturated carbocycles. The highest BCUT2D eigenvalue weighted by Gasteiger charge is 2.18. The van der Waals surface area contributed by atoms with E-state index in [2.05, 4.69) is 10.3 Å². The third kappa shape index (κ3) is 5.64. The van der Waals surface area contributed by atoms with E-state index in [1.54, 1.807) is 30.3 Å². The van der Waals surface area contributed by atoms with Gasteiger partial charge < -0.3 is 24.3 Å². The Morgan fingerprint density at radius 1 is 1.00 bits per heavy atom. The SMILES string of the molecule is COc1cc(NC(=O)COC(=O)c2cccnc2Oc2ccccc2)c(OC)cc1Cl. The van der Waals surface area contributed by atoms with Gasteiger partial charge >= 0.3 is 5.97 Å². The van der Waals surface area contributed by atoms with Crippen LogP contribution in [0, 0.1) is 0 Å². The number of nitrogens with zero attached hydrogens (tertiary/aromatic N) is 1. The Bertz CT molecular complexity index is 1070. The molecule has 2 aromatic carbocycles. The van der Waals surface area contributed by atoms with Crippen molar-refractivity contribution in [3.05, 3.63) is 71.4 Å². The summed E-state index contributed by atoms with van der Waals surface area (Å²) in [5.41, 5.74) is 0.407. The van der Waals surface area contributed by atoms with Gasteiger partial charge in [0.1, 0.15) is 22.8 Å². The summed E-state index contributed by atoms with van der Waals surface area (Å²) in [5, 5.41) is 2.92. The topological polar surface area (TPSA) is 96.0 Å². The molecule has 0 aliphatic rings. The monoisotopic (exact) mass is 442 g/mol. The van der Waals surface area contributed by atoms with E-state index in [0.717, 1.165) is 0 Å². The molecule has 1 N–H and O–H groups in total. The summed E-state index contributed by atoms with van der Waals surface area (Å²) in [6, 6.07) is 15.0. The number of carbonyl (C=O) groups excluding carboxylic acids is 2. The highest BCUT2D eigenvalue weighted by atomic mass is 35.5. The molecule has 3 aromatic rings. The van der Waals surface area contributed by atoms with Crippen LogP contribution in [-0.4, -0.2) is 37.7 Å². The molecule has 3 rings (SSSR count). The molecule has 1 aromatic heterocycles. The maximum Gasteiger partial charge on any atom is 0.344 e. The molecular formula is C22H19ClN2O6. The quantitative estimate of drug-likeness (QED) is 0.518. The summed E-state index contributed by atoms with van der Waals surface area (Å²) in [7, 11) is 2.88. The zero-order valence-electron chi connectivity index (χ0n) is 16.8. The number of carbonyl (C=O) groups is 2. The highest BCUT2D eigenvalue weighted by Crippen LogP contribution is 2.35. The fraction of sp³-hybridized carbons (Fsp3) is 0.136. The minimum absolute atomic E-state index is 0.0724. The molecule has 0 aliphatic heterocycles. The van der Waals surface area contributed by atoms with Gasteiger partial charge in [0.2, 0.25) is 5.88 Å². The largest absolute Gasteiger partial charge is 0.495 e. The normalized spacial score (nSPS) is 10.2. The maximum atomic E-state index is 12.5. The second-order valence-electron chi connectivity index (χ2n) is 6.08. The Hall–Kier alpha value is -3.78. The van der Waals surface area contributed by atoms with Gasteiger partial charge in [-0.15, -0.1) is 0 Å². The summed E-state index contributed by atoms with van der Waals surface area (Å²) in [6.07, 6.45) is 1.49. The van der Waals surface area contributed by atoms with Crippen molar-refractivity contribution in [2.45, 2.75) is 0 Å². The van der Waals surface area contributed by atoms with Crippen LogP contribution in [0.15, 0.2) is 60.8 Å². The Morgan fingerprint density at radius 2 is 1.74 bits per heavy atom. The predicted molar refractivity (Wildman–Crippen MR) is 114 cm³/mol. The first-order valence-corrected chi connectivity index (χ1v) is 9.46. The molecular weight excluding hydrogens is 424 g/mol. The van der Waals surface area contributed by atoms with Gasteiger partial charge in [-0.05, 0) is 24.3 Å². The van der Waals surface area contributed by atoms with Crippen molar-refractivity contribution in [2.75, 3.05) is 26.1 Å². The average Bonchev–Trinajstić information content (AvgIpc) is 2.79. The van der Waals surface area contributed by atoms with Crippen LogP contribution in [0.3, 0.4) is 0 Å². The number of halogens is 1. The van der Waals surface area contributed by atoms with Gasteiger partial charge in [0.05, 0.1) is 24.9 Å². The molecule has 0 atom stereocenters. The second-order valence-corrected chi connectivity index (χ2v) is 6.49. The fourth-order valence-electron chi connectivity index (χ4n) is 2.58. The van der Waals surface area contributed by atoms with Gasteiger partial charge in [-0.25, -0.2) is 9.78 Å². The number of pyridine rings is 1. The smallest absolute Gasteiger partial charge is 0.344 e. The number of nitrogens with one attached hydrogen (secondary N) is 1. The second kappa shape index (κ2) is 10.3. The summed E-state index contributed by atoms with van der Waals surface area (Å²) < 4.78 is 21.1. The molecule has 9 heteroatoms. The van der Waals surface area contributed by atoms with Crippen molar-refractivity contribution in [3.63, 3.8) is 0 Å². The van der Waals surface area contributed by atoms with Gasteiger partial charge in [0, 0.05) is 18.3 Å². The minimum atomic E-state index is -0.755. The number of benzene rings is 2. The highest BCUT2D eigenvalue weighted by molar-refractivity contribution is 6.32. The molecule has 160 valence electrons. The number of anilines is 1. The molecule has 31 heavy (non-hydrogen) atoms. The summed E-state index contributed by atoms with van der Waals surface area (Å²) >= 11 is 6.06. The molecule has 1 heterocycles. The molecule has 0 saturated heterocycles. The van der Waals surface area contributed by atoms with Crippen LogP contribution < -0.4 is 19.5 Å². The number of para-hydroxylation sites is 1. The lowest BCUT2D eigenvalue weighted by Crippen LogP contribution is -2.21. The number of aromatic nitrogens is 1. The number of amides is 1. The maximum absolute atomic E-state index is 12.5. The molecule has 0 spiro atoms. The Morgan fingerprint density at radius 3 is 2.45 bits per heavy atom. The number of rotatable bonds is 8. The molecule has 0 fully saturated rings. The van der Waals surface area contributed by atoms with Gasteiger partial charge in [0.25, 0.3) is 5.91 Å². The summed E-state index contributed by atoms with van der Waals surface area (Å²) in [4.78, 5) is 28.9. The first-order valence-electron chi connectivity index (χ1n) is 9.08. The van der Waals surface area contributed by atoms with E-state index in [-0.39, 0.29) is 11.4 Å². The Kier molecular flexibility index (Phi) is 7.29. The van der Waals surface area contributed by atoms with Crippen LogP contribution >= 0.6 is 11.6 Å². The molecule has 1 amide bonds. The minimum Gasteiger partial charge on any atom is -0.495 e. The molecule has 0 unspecified atom stereocenters. The van der Waals surface area contributed by atoms with E-state index in [4.69, 9.17) is 30.5 Å². The van der Waals surface area contributed by atoms with E-state index >= 15 is 0 Å². The van der Waals surface area contributed by atoms with Gasteiger partial charge in [-0.2, -0.15) is 0 Å². The zero-order chi connectivity index (χ0) is 22.2. The van der Waals surface area contributed by atoms with Crippen molar-refractivity contribution in [3.8, 4) is 23.1 Å². The Balaban J connectivity index is 1.66. The predicted octanol–water partition coefficient (Wildman–Crippen LogP) is 4.34. The lowest BCUT2D eigenvalue weighted by Gasteiger charge is -2.13. The molecule has 8 nitrogen and oxygen atoms in total. The first-order chi connectivity index (χ1) is 15.0. The van der Waals surface area contributed by atoms with E-state index in [0.29, 0.717) is 28.0 Å². The van der Waals surface area contributed by atoms with Crippen molar-refractivity contribution in [2.24, 2.45) is 0 Å². The fourth-order valence-corrected chi connectivity index (χ4v) is 2.81. The number of hydrogen-bond donors (Lipinski definition) is 1. The van der Waals surface area contributed by atoms with Crippen LogP contribution in [0.4, 0.5) is 5.69 Å². The van der Waals surface area contributed by atoms with Crippen LogP contribution in [-0.2, 0) is 9.53 Å². The Labute approximate surface area is 183 Å². The standard InChI is InChI=1S/C22H19ClN2O6/c1-28-18-12-17(19(29-2)11-16(18)23)25-20(26)13-30-22(27)15-9-6-10-24-21(15)31-14-7-4-3-5-8-14/h3-12H,13H2,1-2H3,(H,25,26). The lowest BCUT2D eigenvalue weighted by molar-refractivity contribution is -0.119. The van der Waals surface area contributed by atoms with Crippen molar-refractivity contribution in [1.82, 2.24) is 4.98 Å². The van der Waals surface area contributed by atoms with Gasteiger partial charge in [-0.1, -0.05) is 29.8 Å². The summed E-state index contributed by atoms with van der Waals surface area (Å²) in [6.45, 7) is -0.535. The average molecular weight is 443 g/mol. The van der Waals surface area contributed by atoms with E-state index < -0.39 is 18.5 Å². The van der Waals surface area contributed by atoms with Crippen LogP contribution in [0.5, 0.6) is 23.1 Å². The molecule has 0 radical (unpaired) electrons. The van der Waals surface area contributed by atoms with Gasteiger partial charge in [-0.3, -0.25) is 4.79 Å². The number of hydrogen-bond acceptors (Lipinski definition) is 7. The lowest BCUT2D eigenvalue weighted by atomic mass is 10.2. The van der Waals surface area contributed by atoms with Crippen LogP contribution in [0.25, 0.3) is 0 Å². The molecule has 0 bridgehead atoms. The number of esters is 1. The van der Waals surface area contributed by atoms with Crippen LogP contribution in [0.2, 0.25) is 5.02 Å². The third-order valence-electron chi connectivity index (χ3n) is 4.03. The molecule has 0 aliphatic carbocycles. The van der Waals surface area contributed by atoms with Crippen LogP contribution in [0.1, 0.15) is 10.4 Å². The van der Waals surface area contributed by atoms with E-state index in [1.165, 1.54) is 38.6 Å². The first kappa shape index (κ1) is 21.9. The zero-order valence-corrected chi connectivity index (χ0v) is 17.5. The number of ether oxygens (including phenoxy) is 4. The van der Waals surface area contributed by atoms with E-state index in [1.807, 2.05) is 6.07 Å².